The molecule has 0 aliphatic rings. The van der Waals surface area contributed by atoms with E-state index < -0.39 is 11.9 Å². The topological polar surface area (TPSA) is 69.6 Å². The van der Waals surface area contributed by atoms with Gasteiger partial charge < -0.3 is 5.73 Å². The highest BCUT2D eigenvalue weighted by atomic mass is 19.4. The molecule has 0 aliphatic carbocycles. The summed E-state index contributed by atoms with van der Waals surface area (Å²) in [6.45, 7) is 0. The van der Waals surface area contributed by atoms with Crippen LogP contribution < -0.4 is 5.73 Å². The molecule has 0 aliphatic heterocycles. The SMILES string of the molecule is Nc1cc(-n2ccc(C(F)(F)F)n2)ncn1. The molecule has 5 nitrogen and oxygen atoms in total. The fraction of sp³-hybridized carbons (Fsp3) is 0.125. The molecule has 0 aromatic carbocycles. The Kier molecular flexibility index (Phi) is 2.26. The van der Waals surface area contributed by atoms with Gasteiger partial charge in [-0.25, -0.2) is 14.6 Å². The lowest BCUT2D eigenvalue weighted by Crippen LogP contribution is -2.08. The molecule has 0 amide bonds. The molecule has 0 saturated carbocycles. The van der Waals surface area contributed by atoms with Gasteiger partial charge in [0.15, 0.2) is 11.5 Å². The van der Waals surface area contributed by atoms with Crippen LogP contribution in [0.5, 0.6) is 0 Å². The largest absolute Gasteiger partial charge is 0.435 e. The molecule has 2 N–H and O–H groups in total. The molecule has 0 atom stereocenters. The zero-order valence-corrected chi connectivity index (χ0v) is 7.81. The third kappa shape index (κ3) is 1.95. The number of hydrogen-bond acceptors (Lipinski definition) is 4. The van der Waals surface area contributed by atoms with Crippen molar-refractivity contribution in [2.75, 3.05) is 5.73 Å². The minimum Gasteiger partial charge on any atom is -0.384 e. The van der Waals surface area contributed by atoms with E-state index in [0.29, 0.717) is 0 Å². The molecule has 0 fully saturated rings. The van der Waals surface area contributed by atoms with Crippen molar-refractivity contribution in [3.8, 4) is 5.82 Å². The highest BCUT2D eigenvalue weighted by Gasteiger charge is 2.33. The van der Waals surface area contributed by atoms with Crippen molar-refractivity contribution in [3.63, 3.8) is 0 Å². The van der Waals surface area contributed by atoms with Gasteiger partial charge in [0.1, 0.15) is 12.1 Å². The first-order valence-electron chi connectivity index (χ1n) is 4.17. The first-order chi connectivity index (χ1) is 7.47. The van der Waals surface area contributed by atoms with Crippen LogP contribution >= 0.6 is 0 Å². The summed E-state index contributed by atoms with van der Waals surface area (Å²) in [5.74, 6) is 0.344. The number of aromatic nitrogens is 4. The molecule has 2 rings (SSSR count). The average molecular weight is 229 g/mol. The summed E-state index contributed by atoms with van der Waals surface area (Å²) in [7, 11) is 0. The van der Waals surface area contributed by atoms with E-state index in [2.05, 4.69) is 15.1 Å². The lowest BCUT2D eigenvalue weighted by atomic mass is 10.4. The van der Waals surface area contributed by atoms with Crippen LogP contribution in [0.2, 0.25) is 0 Å². The third-order valence-electron chi connectivity index (χ3n) is 1.79. The van der Waals surface area contributed by atoms with E-state index in [1.165, 1.54) is 6.07 Å². The Balaban J connectivity index is 2.39. The van der Waals surface area contributed by atoms with Crippen LogP contribution in [0, 0.1) is 0 Å². The lowest BCUT2D eigenvalue weighted by Gasteiger charge is -2.02. The zero-order valence-electron chi connectivity index (χ0n) is 7.81. The number of anilines is 1. The van der Waals surface area contributed by atoms with Crippen molar-refractivity contribution in [2.24, 2.45) is 0 Å². The standard InChI is InChI=1S/C8H6F3N5/c9-8(10,11)5-1-2-16(15-5)7-3-6(12)13-4-14-7/h1-4H,(H2,12,13,14). The Morgan fingerprint density at radius 1 is 1.25 bits per heavy atom. The number of halogens is 3. The van der Waals surface area contributed by atoms with Crippen molar-refractivity contribution < 1.29 is 13.2 Å². The highest BCUT2D eigenvalue weighted by Crippen LogP contribution is 2.27. The highest BCUT2D eigenvalue weighted by molar-refractivity contribution is 5.35. The molecule has 2 aromatic heterocycles. The van der Waals surface area contributed by atoms with Gasteiger partial charge in [0.05, 0.1) is 0 Å². The quantitative estimate of drug-likeness (QED) is 0.799. The van der Waals surface area contributed by atoms with Crippen molar-refractivity contribution in [2.45, 2.75) is 6.18 Å². The van der Waals surface area contributed by atoms with Crippen LogP contribution in [0.25, 0.3) is 5.82 Å². The summed E-state index contributed by atoms with van der Waals surface area (Å²) in [4.78, 5) is 7.37. The fourth-order valence-electron chi connectivity index (χ4n) is 1.09. The predicted octanol–water partition coefficient (Wildman–Crippen LogP) is 1.26. The maximum Gasteiger partial charge on any atom is 0.435 e. The van der Waals surface area contributed by atoms with Gasteiger partial charge in [0.2, 0.25) is 0 Å². The second-order valence-corrected chi connectivity index (χ2v) is 2.94. The van der Waals surface area contributed by atoms with E-state index in [-0.39, 0.29) is 11.6 Å². The van der Waals surface area contributed by atoms with E-state index in [1.807, 2.05) is 0 Å². The maximum absolute atomic E-state index is 12.3. The molecule has 16 heavy (non-hydrogen) atoms. The average Bonchev–Trinajstić information content (AvgIpc) is 2.65. The van der Waals surface area contributed by atoms with Gasteiger partial charge in [-0.3, -0.25) is 0 Å². The Labute approximate surface area is 87.7 Å². The van der Waals surface area contributed by atoms with Crippen LogP contribution in [-0.2, 0) is 6.18 Å². The van der Waals surface area contributed by atoms with Gasteiger partial charge in [-0.2, -0.15) is 18.3 Å². The van der Waals surface area contributed by atoms with Crippen LogP contribution in [0.4, 0.5) is 19.0 Å². The Hall–Kier alpha value is -2.12. The monoisotopic (exact) mass is 229 g/mol. The Morgan fingerprint density at radius 3 is 2.56 bits per heavy atom. The van der Waals surface area contributed by atoms with Gasteiger partial charge in [0.25, 0.3) is 0 Å². The molecular formula is C8H6F3N5. The molecule has 0 unspecified atom stereocenters. The first kappa shape index (κ1) is 10.4. The number of alkyl halides is 3. The van der Waals surface area contributed by atoms with Gasteiger partial charge in [-0.05, 0) is 6.07 Å². The van der Waals surface area contributed by atoms with Crippen molar-refractivity contribution in [1.82, 2.24) is 19.7 Å². The second-order valence-electron chi connectivity index (χ2n) is 2.94. The first-order valence-corrected chi connectivity index (χ1v) is 4.17. The van der Waals surface area contributed by atoms with E-state index in [4.69, 9.17) is 5.73 Å². The molecule has 0 saturated heterocycles. The molecule has 2 aromatic rings. The number of nitrogens with zero attached hydrogens (tertiary/aromatic N) is 4. The minimum absolute atomic E-state index is 0.161. The molecule has 8 heteroatoms. The van der Waals surface area contributed by atoms with Crippen LogP contribution in [0.1, 0.15) is 5.69 Å². The summed E-state index contributed by atoms with van der Waals surface area (Å²) in [6.07, 6.45) is -2.16. The molecule has 0 radical (unpaired) electrons. The minimum atomic E-state index is -4.47. The number of nitrogens with two attached hydrogens (primary N) is 1. The Morgan fingerprint density at radius 2 is 2.00 bits per heavy atom. The number of nitrogen functional groups attached to an aromatic ring is 1. The summed E-state index contributed by atoms with van der Waals surface area (Å²) in [6, 6.07) is 2.19. The van der Waals surface area contributed by atoms with Gasteiger partial charge in [-0.15, -0.1) is 0 Å². The van der Waals surface area contributed by atoms with Crippen molar-refractivity contribution >= 4 is 5.82 Å². The second kappa shape index (κ2) is 3.47. The van der Waals surface area contributed by atoms with Gasteiger partial charge >= 0.3 is 6.18 Å². The number of rotatable bonds is 1. The predicted molar refractivity (Wildman–Crippen MR) is 48.6 cm³/mol. The fourth-order valence-corrected chi connectivity index (χ4v) is 1.09. The molecule has 2 heterocycles. The van der Waals surface area contributed by atoms with Crippen LogP contribution in [-0.4, -0.2) is 19.7 Å². The summed E-state index contributed by atoms with van der Waals surface area (Å²) < 4.78 is 37.8. The molecule has 84 valence electrons. The molecular weight excluding hydrogens is 223 g/mol. The van der Waals surface area contributed by atoms with E-state index in [0.717, 1.165) is 23.3 Å². The third-order valence-corrected chi connectivity index (χ3v) is 1.79. The molecule has 0 bridgehead atoms. The number of hydrogen-bond donors (Lipinski definition) is 1. The van der Waals surface area contributed by atoms with Crippen LogP contribution in [0.3, 0.4) is 0 Å². The Bertz CT molecular complexity index is 504. The summed E-state index contributed by atoms with van der Waals surface area (Å²) in [5, 5.41) is 3.34. The summed E-state index contributed by atoms with van der Waals surface area (Å²) >= 11 is 0. The van der Waals surface area contributed by atoms with E-state index >= 15 is 0 Å². The van der Waals surface area contributed by atoms with Crippen molar-refractivity contribution in [3.05, 3.63) is 30.4 Å². The van der Waals surface area contributed by atoms with E-state index in [1.54, 1.807) is 0 Å². The smallest absolute Gasteiger partial charge is 0.384 e. The zero-order chi connectivity index (χ0) is 11.8. The van der Waals surface area contributed by atoms with Crippen molar-refractivity contribution in [1.29, 1.82) is 0 Å². The van der Waals surface area contributed by atoms with E-state index in [9.17, 15) is 13.2 Å². The maximum atomic E-state index is 12.3. The van der Waals surface area contributed by atoms with Gasteiger partial charge in [0, 0.05) is 12.3 Å². The molecule has 0 spiro atoms. The normalized spacial score (nSPS) is 11.7. The van der Waals surface area contributed by atoms with Gasteiger partial charge in [-0.1, -0.05) is 0 Å². The lowest BCUT2D eigenvalue weighted by molar-refractivity contribution is -0.141. The summed E-state index contributed by atoms with van der Waals surface area (Å²) in [5.41, 5.74) is 4.39. The van der Waals surface area contributed by atoms with Crippen LogP contribution in [0.15, 0.2) is 24.7 Å².